The van der Waals surface area contributed by atoms with E-state index in [2.05, 4.69) is 32.1 Å². The quantitative estimate of drug-likeness (QED) is 0.392. The van der Waals surface area contributed by atoms with Crippen LogP contribution >= 0.6 is 39.9 Å². The van der Waals surface area contributed by atoms with Crippen LogP contribution in [0.2, 0.25) is 0 Å². The van der Waals surface area contributed by atoms with Crippen molar-refractivity contribution in [3.05, 3.63) is 28.7 Å². The van der Waals surface area contributed by atoms with E-state index in [0.29, 0.717) is 17.5 Å². The first-order valence-corrected chi connectivity index (χ1v) is 8.42. The first kappa shape index (κ1) is 18.2. The van der Waals surface area contributed by atoms with E-state index in [0.717, 1.165) is 9.37 Å². The summed E-state index contributed by atoms with van der Waals surface area (Å²) in [5.74, 6) is 0.164. The topological polar surface area (TPSA) is 62.4 Å². The van der Waals surface area contributed by atoms with Gasteiger partial charge in [0.15, 0.2) is 5.11 Å². The van der Waals surface area contributed by atoms with E-state index in [1.54, 1.807) is 7.11 Å². The summed E-state index contributed by atoms with van der Waals surface area (Å²) in [5.41, 5.74) is 5.21. The predicted octanol–water partition coefficient (Wildman–Crippen LogP) is 2.07. The zero-order valence-corrected chi connectivity index (χ0v) is 15.0. The van der Waals surface area contributed by atoms with Crippen LogP contribution in [0.1, 0.15) is 6.92 Å². The normalized spacial score (nSPS) is 11.6. The molecule has 21 heavy (non-hydrogen) atoms. The molecule has 0 saturated heterocycles. The van der Waals surface area contributed by atoms with Crippen LogP contribution in [-0.4, -0.2) is 36.5 Å². The Morgan fingerprint density at radius 2 is 2.05 bits per heavy atom. The SMILES string of the molecule is COC[C@@H](C)NC(=S)NNC(=O)CSc1ccc(Br)cc1. The zero-order chi connectivity index (χ0) is 15.7. The van der Waals surface area contributed by atoms with Crippen molar-refractivity contribution in [2.45, 2.75) is 17.9 Å². The molecule has 1 atom stereocenters. The van der Waals surface area contributed by atoms with E-state index in [9.17, 15) is 4.79 Å². The highest BCUT2D eigenvalue weighted by Crippen LogP contribution is 2.20. The van der Waals surface area contributed by atoms with Crippen LogP contribution in [0.15, 0.2) is 33.6 Å². The molecule has 0 aromatic heterocycles. The molecule has 0 heterocycles. The summed E-state index contributed by atoms with van der Waals surface area (Å²) in [4.78, 5) is 12.7. The van der Waals surface area contributed by atoms with Gasteiger partial charge in [-0.25, -0.2) is 0 Å². The molecule has 0 aliphatic heterocycles. The van der Waals surface area contributed by atoms with Gasteiger partial charge in [-0.1, -0.05) is 15.9 Å². The fourth-order valence-corrected chi connectivity index (χ4v) is 2.61. The number of carbonyl (C=O) groups excluding carboxylic acids is 1. The van der Waals surface area contributed by atoms with E-state index in [1.165, 1.54) is 11.8 Å². The fourth-order valence-electron chi connectivity index (χ4n) is 1.39. The maximum atomic E-state index is 11.7. The summed E-state index contributed by atoms with van der Waals surface area (Å²) in [6.07, 6.45) is 0. The van der Waals surface area contributed by atoms with Gasteiger partial charge in [0.05, 0.1) is 12.4 Å². The average Bonchev–Trinajstić information content (AvgIpc) is 2.44. The number of hydrogen-bond donors (Lipinski definition) is 3. The number of rotatable bonds is 6. The molecule has 0 fully saturated rings. The highest BCUT2D eigenvalue weighted by molar-refractivity contribution is 9.10. The van der Waals surface area contributed by atoms with Crippen LogP contribution in [0.4, 0.5) is 0 Å². The molecule has 0 unspecified atom stereocenters. The van der Waals surface area contributed by atoms with Gasteiger partial charge in [0.2, 0.25) is 5.91 Å². The van der Waals surface area contributed by atoms with Crippen LogP contribution in [0, 0.1) is 0 Å². The summed E-state index contributed by atoms with van der Waals surface area (Å²) < 4.78 is 6.00. The first-order valence-electron chi connectivity index (χ1n) is 6.24. The summed E-state index contributed by atoms with van der Waals surface area (Å²) in [7, 11) is 1.62. The number of hydrogen-bond acceptors (Lipinski definition) is 4. The van der Waals surface area contributed by atoms with Gasteiger partial charge >= 0.3 is 0 Å². The Morgan fingerprint density at radius 1 is 1.38 bits per heavy atom. The van der Waals surface area contributed by atoms with Crippen molar-refractivity contribution >= 4 is 50.9 Å². The number of thioether (sulfide) groups is 1. The minimum absolute atomic E-state index is 0.0732. The van der Waals surface area contributed by atoms with Gasteiger partial charge < -0.3 is 10.1 Å². The maximum absolute atomic E-state index is 11.7. The van der Waals surface area contributed by atoms with Crippen LogP contribution in [-0.2, 0) is 9.53 Å². The van der Waals surface area contributed by atoms with Crippen molar-refractivity contribution in [3.63, 3.8) is 0 Å². The fraction of sp³-hybridized carbons (Fsp3) is 0.385. The Bertz CT molecular complexity index is 471. The van der Waals surface area contributed by atoms with E-state index in [4.69, 9.17) is 17.0 Å². The third-order valence-electron chi connectivity index (χ3n) is 2.29. The van der Waals surface area contributed by atoms with Gasteiger partial charge in [0.25, 0.3) is 0 Å². The Kier molecular flexibility index (Phi) is 8.67. The van der Waals surface area contributed by atoms with Crippen molar-refractivity contribution in [1.29, 1.82) is 0 Å². The second kappa shape index (κ2) is 9.99. The Labute approximate surface area is 142 Å². The summed E-state index contributed by atoms with van der Waals surface area (Å²) >= 11 is 9.87. The van der Waals surface area contributed by atoms with Crippen molar-refractivity contribution in [2.24, 2.45) is 0 Å². The molecule has 0 spiro atoms. The molecule has 5 nitrogen and oxygen atoms in total. The highest BCUT2D eigenvalue weighted by atomic mass is 79.9. The Hall–Kier alpha value is -0.830. The number of methoxy groups -OCH3 is 1. The molecule has 0 bridgehead atoms. The molecule has 0 saturated carbocycles. The zero-order valence-electron chi connectivity index (χ0n) is 11.8. The number of halogens is 1. The summed E-state index contributed by atoms with van der Waals surface area (Å²) in [5, 5.41) is 3.35. The average molecular weight is 392 g/mol. The number of ether oxygens (including phenoxy) is 1. The number of thiocarbonyl (C=S) groups is 1. The van der Waals surface area contributed by atoms with Crippen molar-refractivity contribution < 1.29 is 9.53 Å². The van der Waals surface area contributed by atoms with Crippen LogP contribution < -0.4 is 16.2 Å². The third-order valence-corrected chi connectivity index (χ3v) is 4.05. The van der Waals surface area contributed by atoms with Crippen molar-refractivity contribution in [2.75, 3.05) is 19.5 Å². The highest BCUT2D eigenvalue weighted by Gasteiger charge is 2.06. The van der Waals surface area contributed by atoms with E-state index >= 15 is 0 Å². The van der Waals surface area contributed by atoms with Gasteiger partial charge in [-0.2, -0.15) is 0 Å². The summed E-state index contributed by atoms with van der Waals surface area (Å²) in [6.45, 7) is 2.47. The van der Waals surface area contributed by atoms with Gasteiger partial charge in [0, 0.05) is 22.5 Å². The van der Waals surface area contributed by atoms with Gasteiger partial charge in [-0.15, -0.1) is 11.8 Å². The minimum atomic E-state index is -0.147. The number of hydrazine groups is 1. The molecule has 3 N–H and O–H groups in total. The lowest BCUT2D eigenvalue weighted by Gasteiger charge is -2.16. The molecule has 116 valence electrons. The lowest BCUT2D eigenvalue weighted by molar-refractivity contribution is -0.119. The first-order chi connectivity index (χ1) is 10.0. The number of benzene rings is 1. The van der Waals surface area contributed by atoms with E-state index in [-0.39, 0.29) is 11.9 Å². The second-order valence-electron chi connectivity index (χ2n) is 4.25. The molecule has 1 aromatic carbocycles. The van der Waals surface area contributed by atoms with Crippen LogP contribution in [0.25, 0.3) is 0 Å². The second-order valence-corrected chi connectivity index (χ2v) is 6.62. The van der Waals surface area contributed by atoms with Crippen LogP contribution in [0.5, 0.6) is 0 Å². The van der Waals surface area contributed by atoms with Crippen molar-refractivity contribution in [1.82, 2.24) is 16.2 Å². The maximum Gasteiger partial charge on any atom is 0.248 e. The Balaban J connectivity index is 2.21. The van der Waals surface area contributed by atoms with Gasteiger partial charge in [0.1, 0.15) is 0 Å². The number of carbonyl (C=O) groups is 1. The summed E-state index contributed by atoms with van der Waals surface area (Å²) in [6, 6.07) is 7.86. The molecule has 1 aromatic rings. The Morgan fingerprint density at radius 3 is 2.67 bits per heavy atom. The predicted molar refractivity (Wildman–Crippen MR) is 93.2 cm³/mol. The molecular formula is C13H18BrN3O2S2. The third kappa shape index (κ3) is 8.25. The smallest absolute Gasteiger partial charge is 0.248 e. The van der Waals surface area contributed by atoms with Gasteiger partial charge in [-0.3, -0.25) is 15.6 Å². The number of nitrogens with one attached hydrogen (secondary N) is 3. The van der Waals surface area contributed by atoms with E-state index < -0.39 is 0 Å². The van der Waals surface area contributed by atoms with Crippen LogP contribution in [0.3, 0.4) is 0 Å². The minimum Gasteiger partial charge on any atom is -0.383 e. The molecule has 0 radical (unpaired) electrons. The van der Waals surface area contributed by atoms with Crippen molar-refractivity contribution in [3.8, 4) is 0 Å². The largest absolute Gasteiger partial charge is 0.383 e. The standard InChI is InChI=1S/C13H18BrN3O2S2/c1-9(7-19-2)15-13(20)17-16-12(18)8-21-11-5-3-10(14)4-6-11/h3-6,9H,7-8H2,1-2H3,(H,16,18)(H2,15,17,20)/t9-/m1/s1. The lowest BCUT2D eigenvalue weighted by atomic mass is 10.4. The molecule has 0 aliphatic rings. The molecule has 1 rings (SSSR count). The van der Waals surface area contributed by atoms with Gasteiger partial charge in [-0.05, 0) is 43.4 Å². The van der Waals surface area contributed by atoms with E-state index in [1.807, 2.05) is 31.2 Å². The molecule has 8 heteroatoms. The lowest BCUT2D eigenvalue weighted by Crippen LogP contribution is -2.50. The molecular weight excluding hydrogens is 374 g/mol. The monoisotopic (exact) mass is 391 g/mol. The molecule has 0 aliphatic carbocycles. The molecule has 1 amide bonds. The number of amides is 1.